The first-order valence-corrected chi connectivity index (χ1v) is 7.79. The summed E-state index contributed by atoms with van der Waals surface area (Å²) in [7, 11) is 0. The second-order valence-electron chi connectivity index (χ2n) is 5.46. The third-order valence-electron chi connectivity index (χ3n) is 3.89. The smallest absolute Gasteiger partial charge is 0.228 e. The molecule has 1 aliphatic rings. The molecule has 2 aromatic rings. The van der Waals surface area contributed by atoms with Crippen molar-refractivity contribution in [1.29, 1.82) is 0 Å². The number of halogens is 2. The minimum Gasteiger partial charge on any atom is -0.392 e. The third kappa shape index (κ3) is 3.27. The Morgan fingerprint density at radius 1 is 1.23 bits per heavy atom. The average Bonchev–Trinajstić information content (AvgIpc) is 3.28. The van der Waals surface area contributed by atoms with E-state index in [1.165, 1.54) is 0 Å². The fourth-order valence-corrected chi connectivity index (χ4v) is 3.02. The molecule has 3 rings (SSSR count). The third-order valence-corrected chi connectivity index (χ3v) is 4.48. The molecule has 114 valence electrons. The van der Waals surface area contributed by atoms with Crippen molar-refractivity contribution < 1.29 is 9.90 Å². The van der Waals surface area contributed by atoms with Crippen molar-refractivity contribution in [3.63, 3.8) is 0 Å². The Hall–Kier alpha value is -1.55. The molecule has 0 heterocycles. The average molecular weight is 336 g/mol. The molecule has 0 saturated heterocycles. The lowest BCUT2D eigenvalue weighted by Crippen LogP contribution is -2.14. The zero-order valence-electron chi connectivity index (χ0n) is 11.7. The predicted molar refractivity (Wildman–Crippen MR) is 88.3 cm³/mol. The van der Waals surface area contributed by atoms with Gasteiger partial charge in [0, 0.05) is 21.7 Å². The van der Waals surface area contributed by atoms with Gasteiger partial charge in [-0.3, -0.25) is 4.79 Å². The largest absolute Gasteiger partial charge is 0.392 e. The van der Waals surface area contributed by atoms with Crippen LogP contribution in [0.4, 0.5) is 5.69 Å². The van der Waals surface area contributed by atoms with E-state index in [0.29, 0.717) is 21.3 Å². The highest BCUT2D eigenvalue weighted by Crippen LogP contribution is 2.48. The van der Waals surface area contributed by atoms with Gasteiger partial charge in [-0.05, 0) is 47.7 Å². The molecule has 2 N–H and O–H groups in total. The summed E-state index contributed by atoms with van der Waals surface area (Å²) in [5.74, 6) is 0.179. The predicted octanol–water partition coefficient (Wildman–Crippen LogP) is 4.23. The molecule has 5 heteroatoms. The van der Waals surface area contributed by atoms with E-state index in [2.05, 4.69) is 5.32 Å². The van der Waals surface area contributed by atoms with Gasteiger partial charge in [0.2, 0.25) is 5.91 Å². The maximum absolute atomic E-state index is 12.3. The van der Waals surface area contributed by atoms with Gasteiger partial charge in [0.25, 0.3) is 0 Å². The highest BCUT2D eigenvalue weighted by atomic mass is 35.5. The summed E-state index contributed by atoms with van der Waals surface area (Å²) in [5.41, 5.74) is 2.38. The summed E-state index contributed by atoms with van der Waals surface area (Å²) in [6.45, 7) is -0.119. The fourth-order valence-electron chi connectivity index (χ4n) is 2.58. The van der Waals surface area contributed by atoms with Crippen molar-refractivity contribution in [1.82, 2.24) is 0 Å². The molecular formula is C17H15Cl2NO2. The molecule has 0 radical (unpaired) electrons. The number of anilines is 1. The molecule has 3 nitrogen and oxygen atoms in total. The normalized spacial score (nSPS) is 19.8. The van der Waals surface area contributed by atoms with Crippen molar-refractivity contribution in [3.8, 4) is 0 Å². The molecule has 1 aliphatic carbocycles. The van der Waals surface area contributed by atoms with Crippen LogP contribution in [0.5, 0.6) is 0 Å². The van der Waals surface area contributed by atoms with E-state index in [-0.39, 0.29) is 24.3 Å². The standard InChI is InChI=1S/C17H15Cl2NO2/c18-12-3-1-2-10(6-12)14-8-15(14)17(22)20-13-5-4-11(9-21)16(19)7-13/h1-7,14-15,21H,8-9H2,(H,20,22)/t14-,15-/m0/s1. The summed E-state index contributed by atoms with van der Waals surface area (Å²) in [5, 5.41) is 13.1. The lowest BCUT2D eigenvalue weighted by molar-refractivity contribution is -0.117. The minimum atomic E-state index is -0.119. The number of carbonyl (C=O) groups is 1. The van der Waals surface area contributed by atoms with Gasteiger partial charge in [-0.15, -0.1) is 0 Å². The van der Waals surface area contributed by atoms with Crippen LogP contribution in [0.3, 0.4) is 0 Å². The van der Waals surface area contributed by atoms with Crippen LogP contribution in [0, 0.1) is 5.92 Å². The van der Waals surface area contributed by atoms with Crippen molar-refractivity contribution in [2.24, 2.45) is 5.92 Å². The highest BCUT2D eigenvalue weighted by molar-refractivity contribution is 6.31. The Labute approximate surface area is 138 Å². The molecule has 1 fully saturated rings. The van der Waals surface area contributed by atoms with Crippen molar-refractivity contribution in [2.75, 3.05) is 5.32 Å². The number of benzene rings is 2. The van der Waals surface area contributed by atoms with Gasteiger partial charge in [0.1, 0.15) is 0 Å². The Balaban J connectivity index is 1.65. The van der Waals surface area contributed by atoms with Crippen LogP contribution < -0.4 is 5.32 Å². The summed E-state index contributed by atoms with van der Waals surface area (Å²) >= 11 is 12.0. The van der Waals surface area contributed by atoms with Crippen LogP contribution in [0.25, 0.3) is 0 Å². The van der Waals surface area contributed by atoms with E-state index in [4.69, 9.17) is 28.3 Å². The number of aliphatic hydroxyl groups excluding tert-OH is 1. The Morgan fingerprint density at radius 2 is 2.05 bits per heavy atom. The quantitative estimate of drug-likeness (QED) is 0.878. The van der Waals surface area contributed by atoms with Gasteiger partial charge in [0.05, 0.1) is 6.61 Å². The highest BCUT2D eigenvalue weighted by Gasteiger charge is 2.43. The zero-order chi connectivity index (χ0) is 15.7. The Bertz CT molecular complexity index is 718. The van der Waals surface area contributed by atoms with Crippen LogP contribution in [0.2, 0.25) is 10.0 Å². The lowest BCUT2D eigenvalue weighted by Gasteiger charge is -2.07. The first kappa shape index (κ1) is 15.3. The van der Waals surface area contributed by atoms with Gasteiger partial charge < -0.3 is 10.4 Å². The number of carbonyl (C=O) groups excluding carboxylic acids is 1. The van der Waals surface area contributed by atoms with Gasteiger partial charge in [0.15, 0.2) is 0 Å². The van der Waals surface area contributed by atoms with Crippen LogP contribution in [0.1, 0.15) is 23.5 Å². The molecule has 0 bridgehead atoms. The molecule has 22 heavy (non-hydrogen) atoms. The second-order valence-corrected chi connectivity index (χ2v) is 6.30. The van der Waals surface area contributed by atoms with Crippen LogP contribution in [0.15, 0.2) is 42.5 Å². The van der Waals surface area contributed by atoms with Gasteiger partial charge in [-0.1, -0.05) is 41.4 Å². The van der Waals surface area contributed by atoms with E-state index in [9.17, 15) is 4.79 Å². The summed E-state index contributed by atoms with van der Waals surface area (Å²) in [6, 6.07) is 12.7. The SMILES string of the molecule is O=C(Nc1ccc(CO)c(Cl)c1)[C@H]1C[C@H]1c1cccc(Cl)c1. The molecule has 0 aliphatic heterocycles. The number of nitrogens with one attached hydrogen (secondary N) is 1. The molecule has 0 aromatic heterocycles. The Morgan fingerprint density at radius 3 is 2.73 bits per heavy atom. The van der Waals surface area contributed by atoms with Crippen molar-refractivity contribution in [2.45, 2.75) is 18.9 Å². The Kier molecular flexibility index (Phi) is 4.39. The first-order valence-electron chi connectivity index (χ1n) is 7.04. The maximum Gasteiger partial charge on any atom is 0.228 e. The van der Waals surface area contributed by atoms with Crippen LogP contribution >= 0.6 is 23.2 Å². The number of hydrogen-bond donors (Lipinski definition) is 2. The molecule has 2 aromatic carbocycles. The molecule has 1 saturated carbocycles. The second kappa shape index (κ2) is 6.29. The first-order chi connectivity index (χ1) is 10.6. The van der Waals surface area contributed by atoms with E-state index in [1.807, 2.05) is 24.3 Å². The summed E-state index contributed by atoms with van der Waals surface area (Å²) in [6.07, 6.45) is 0.828. The van der Waals surface area contributed by atoms with Crippen molar-refractivity contribution in [3.05, 3.63) is 63.6 Å². The zero-order valence-corrected chi connectivity index (χ0v) is 13.2. The molecular weight excluding hydrogens is 321 g/mol. The number of amides is 1. The van der Waals surface area contributed by atoms with Crippen LogP contribution in [-0.2, 0) is 11.4 Å². The minimum absolute atomic E-state index is 0.0159. The lowest BCUT2D eigenvalue weighted by atomic mass is 10.1. The van der Waals surface area contributed by atoms with E-state index < -0.39 is 0 Å². The van der Waals surface area contributed by atoms with Crippen LogP contribution in [-0.4, -0.2) is 11.0 Å². The molecule has 0 spiro atoms. The fraction of sp³-hybridized carbons (Fsp3) is 0.235. The molecule has 0 unspecified atom stereocenters. The van der Waals surface area contributed by atoms with E-state index >= 15 is 0 Å². The molecule has 1 amide bonds. The van der Waals surface area contributed by atoms with Crippen molar-refractivity contribution >= 4 is 34.8 Å². The van der Waals surface area contributed by atoms with E-state index in [1.54, 1.807) is 18.2 Å². The topological polar surface area (TPSA) is 49.3 Å². The van der Waals surface area contributed by atoms with E-state index in [0.717, 1.165) is 12.0 Å². The van der Waals surface area contributed by atoms with Gasteiger partial charge >= 0.3 is 0 Å². The number of hydrogen-bond acceptors (Lipinski definition) is 2. The van der Waals surface area contributed by atoms with Gasteiger partial charge in [-0.25, -0.2) is 0 Å². The molecule has 2 atom stereocenters. The maximum atomic E-state index is 12.3. The summed E-state index contributed by atoms with van der Waals surface area (Å²) < 4.78 is 0. The number of aliphatic hydroxyl groups is 1. The monoisotopic (exact) mass is 335 g/mol. The summed E-state index contributed by atoms with van der Waals surface area (Å²) in [4.78, 5) is 12.3. The number of rotatable bonds is 4. The van der Waals surface area contributed by atoms with Gasteiger partial charge in [-0.2, -0.15) is 0 Å².